The summed E-state index contributed by atoms with van der Waals surface area (Å²) in [6.45, 7) is 7.89. The molecule has 6 aliphatic rings. The Morgan fingerprint density at radius 1 is 0.867 bits per heavy atom. The van der Waals surface area contributed by atoms with E-state index < -0.39 is 150 Å². The third-order valence-electron chi connectivity index (χ3n) is 16.7. The third-order valence-corrected chi connectivity index (χ3v) is 21.2. The molecule has 37 heteroatoms. The van der Waals surface area contributed by atoms with E-state index in [1.54, 1.807) is 51.1 Å². The summed E-state index contributed by atoms with van der Waals surface area (Å²) in [5, 5.41) is 67.9. The zero-order valence-corrected chi connectivity index (χ0v) is 56.9. The van der Waals surface area contributed by atoms with Crippen molar-refractivity contribution in [3.63, 3.8) is 0 Å². The number of hydrogen-bond acceptors (Lipinski definition) is 31. The number of aliphatic hydroxyl groups is 2. The lowest BCUT2D eigenvalue weighted by atomic mass is 9.82. The van der Waals surface area contributed by atoms with Crippen LogP contribution in [0, 0.1) is 11.8 Å². The van der Waals surface area contributed by atoms with Gasteiger partial charge in [0.1, 0.15) is 113 Å². The van der Waals surface area contributed by atoms with Gasteiger partial charge in [-0.25, -0.2) is 44.6 Å². The van der Waals surface area contributed by atoms with Gasteiger partial charge in [-0.15, -0.1) is 56.7 Å². The van der Waals surface area contributed by atoms with Gasteiger partial charge in [0.25, 0.3) is 29.5 Å². The average molecular weight is 1440 g/mol. The van der Waals surface area contributed by atoms with Crippen LogP contribution in [0.2, 0.25) is 0 Å². The Labute approximate surface area is 575 Å². The first-order valence-corrected chi connectivity index (χ1v) is 34.3. The van der Waals surface area contributed by atoms with Gasteiger partial charge in [-0.3, -0.25) is 34.0 Å². The molecule has 12 unspecified atom stereocenters. The number of nitrogens with one attached hydrogen (secondary N) is 5. The van der Waals surface area contributed by atoms with E-state index in [0.29, 0.717) is 5.06 Å². The summed E-state index contributed by atoms with van der Waals surface area (Å²) in [6, 6.07) is -3.98. The van der Waals surface area contributed by atoms with Crippen molar-refractivity contribution < 1.29 is 87.3 Å². The largest absolute Gasteiger partial charge is 0.506 e. The number of methoxy groups -OCH3 is 1. The van der Waals surface area contributed by atoms with Crippen molar-refractivity contribution >= 4 is 110 Å². The summed E-state index contributed by atoms with van der Waals surface area (Å²) in [6.07, 6.45) is -2.60. The highest BCUT2D eigenvalue weighted by molar-refractivity contribution is 7.14. The fourth-order valence-corrected chi connectivity index (χ4v) is 16.3. The number of rotatable bonds is 9. The Hall–Kier alpha value is -9.12. The number of likely N-dealkylation sites (N-methyl/N-ethyl adjacent to an activating group) is 1. The lowest BCUT2D eigenvalue weighted by Crippen LogP contribution is -2.62. The first kappa shape index (κ1) is 68.8. The van der Waals surface area contributed by atoms with Crippen LogP contribution in [-0.2, 0) is 47.6 Å². The fourth-order valence-electron chi connectivity index (χ4n) is 12.1. The van der Waals surface area contributed by atoms with Crippen molar-refractivity contribution in [2.24, 2.45) is 17.6 Å². The van der Waals surface area contributed by atoms with Crippen molar-refractivity contribution in [1.82, 2.24) is 66.5 Å². The number of thiazole rings is 5. The second-order valence-electron chi connectivity index (χ2n) is 23.7. The maximum absolute atomic E-state index is 15.2. The Bertz CT molecular complexity index is 4390. The molecule has 32 nitrogen and oxygen atoms in total. The van der Waals surface area contributed by atoms with Gasteiger partial charge in [0.05, 0.1) is 55.6 Å². The molecule has 98 heavy (non-hydrogen) atoms. The zero-order chi connectivity index (χ0) is 69.9. The number of esters is 2. The van der Waals surface area contributed by atoms with Gasteiger partial charge in [0, 0.05) is 50.7 Å². The SMILES string of the molecule is C=C(NC(=O)c1csc(-c2nc3c(cc2O)-c2nc(cs2)C(=O)NC(C(C)O)C(=O)NC(=C(C)OC)c2nc(cs2)C(=O)NC2c4nc(cs4)C(=O)NC(COC(=O)C4=C5COC2C(OC2CC(C)(O)C(N(C)C)C(C)O2)C(=O)OCC2C=CC=C(C52)N4O)c2nc-3cs2)n1)C(N)=O. The molecule has 0 saturated carbocycles. The number of allylic oxidation sites excluding steroid dienone is 4. The summed E-state index contributed by atoms with van der Waals surface area (Å²) in [5.41, 5.74) is 2.05. The van der Waals surface area contributed by atoms with Gasteiger partial charge < -0.3 is 81.0 Å². The monoisotopic (exact) mass is 1440 g/mol. The molecule has 12 bridgehead atoms. The fraction of sp³-hybridized carbons (Fsp3) is 0.377. The number of ether oxygens (including phenoxy) is 6. The standard InChI is InChI=1S/C61H62N14O18S5/c1-22(48(62)78)63-49(79)31-19-97-57(68-31)42-36(77)12-27-41(70-42)30-17-95-55(65-30)29-16-91-59(84)44-28-15-89-45(46(93-37-13-61(5,86)47(74(6)7)25(4)92-37)60(85)90-14-26-10-9-11-35(38(26)28)75(44)87)43(58-69-32(20-98-58)50(80)64-29)73-52(82)34-21-96-56(67-34)40(24(3)88-8)72-53(83)39(23(2)76)71-51(81)33-18-94-54(27)66-33/h9-12,17-21,23,25-26,29,37-39,43,45-47,76-77,86-87H,1,13-16H2,2-8H3,(H2,62,78)(H,63,79)(H,64,80)(H,71,81)(H,72,83)(H,73,82). The van der Waals surface area contributed by atoms with E-state index in [0.717, 1.165) is 56.7 Å². The Morgan fingerprint density at radius 2 is 1.53 bits per heavy atom. The first-order valence-electron chi connectivity index (χ1n) is 29.9. The topological polar surface area (TPSA) is 443 Å². The summed E-state index contributed by atoms with van der Waals surface area (Å²) in [4.78, 5) is 144. The average Bonchev–Trinajstić information content (AvgIpc) is 1.57. The number of primary amides is 1. The van der Waals surface area contributed by atoms with Gasteiger partial charge in [-0.2, -0.15) is 0 Å². The normalized spacial score (nSPS) is 26.8. The lowest BCUT2D eigenvalue weighted by molar-refractivity contribution is -0.280. The van der Waals surface area contributed by atoms with Gasteiger partial charge >= 0.3 is 11.9 Å². The number of carbonyl (C=O) groups is 8. The predicted molar refractivity (Wildman–Crippen MR) is 349 cm³/mol. The molecule has 2 fully saturated rings. The molecule has 6 aromatic rings. The number of nitrogens with zero attached hydrogens (tertiary/aromatic N) is 8. The van der Waals surface area contributed by atoms with E-state index in [4.69, 9.17) is 49.1 Å². The van der Waals surface area contributed by atoms with E-state index in [1.165, 1.54) is 53.9 Å². The molecule has 11 heterocycles. The van der Waals surface area contributed by atoms with Crippen LogP contribution in [0.3, 0.4) is 0 Å². The zero-order valence-electron chi connectivity index (χ0n) is 52.8. The van der Waals surface area contributed by atoms with Crippen LogP contribution in [0.4, 0.5) is 0 Å². The second kappa shape index (κ2) is 27.7. The number of aromatic hydroxyl groups is 1. The number of aromatic nitrogens is 6. The summed E-state index contributed by atoms with van der Waals surface area (Å²) in [5.74, 6) is -9.84. The summed E-state index contributed by atoms with van der Waals surface area (Å²) in [7, 11) is 4.85. The van der Waals surface area contributed by atoms with Gasteiger partial charge in [0.2, 0.25) is 5.91 Å². The molecule has 0 aromatic carbocycles. The molecule has 2 saturated heterocycles. The smallest absolute Gasteiger partial charge is 0.357 e. The summed E-state index contributed by atoms with van der Waals surface area (Å²) >= 11 is 4.49. The van der Waals surface area contributed by atoms with E-state index >= 15 is 14.4 Å². The third kappa shape index (κ3) is 13.5. The Balaban J connectivity index is 1.03. The molecule has 5 aliphatic heterocycles. The first-order chi connectivity index (χ1) is 46.7. The van der Waals surface area contributed by atoms with Crippen LogP contribution in [0.25, 0.3) is 38.4 Å². The number of aliphatic hydroxyl groups excluding tert-OH is 1. The highest BCUT2D eigenvalue weighted by atomic mass is 32.1. The van der Waals surface area contributed by atoms with Crippen molar-refractivity contribution in [3.05, 3.63) is 124 Å². The number of pyridine rings is 1. The van der Waals surface area contributed by atoms with Crippen molar-refractivity contribution in [3.8, 4) is 38.4 Å². The molecule has 514 valence electrons. The van der Waals surface area contributed by atoms with Crippen LogP contribution in [-0.4, -0.2) is 197 Å². The second-order valence-corrected chi connectivity index (χ2v) is 28.1. The number of carbonyl (C=O) groups excluding carboxylic acids is 8. The Morgan fingerprint density at radius 3 is 2.24 bits per heavy atom. The van der Waals surface area contributed by atoms with Crippen LogP contribution in [0.15, 0.2) is 86.2 Å². The maximum atomic E-state index is 15.2. The molecule has 6 aromatic heterocycles. The van der Waals surface area contributed by atoms with Crippen LogP contribution in [0.5, 0.6) is 5.75 Å². The number of hydrogen-bond donors (Lipinski definition) is 10. The maximum Gasteiger partial charge on any atom is 0.357 e. The molecule has 0 radical (unpaired) electrons. The van der Waals surface area contributed by atoms with E-state index in [9.17, 15) is 44.5 Å². The van der Waals surface area contributed by atoms with Crippen molar-refractivity contribution in [1.29, 1.82) is 0 Å². The molecule has 6 amide bonds. The number of hydroxylamine groups is 2. The molecule has 0 spiro atoms. The number of nitrogens with two attached hydrogens (primary N) is 1. The predicted octanol–water partition coefficient (Wildman–Crippen LogP) is 3.03. The summed E-state index contributed by atoms with van der Waals surface area (Å²) < 4.78 is 37.7. The minimum absolute atomic E-state index is 0.00943. The Kier molecular flexibility index (Phi) is 19.4. The molecule has 1 aliphatic carbocycles. The van der Waals surface area contributed by atoms with Gasteiger partial charge in [0.15, 0.2) is 18.1 Å². The van der Waals surface area contributed by atoms with Gasteiger partial charge in [-0.1, -0.05) is 18.7 Å². The lowest BCUT2D eigenvalue weighted by Gasteiger charge is -2.48. The molecular formula is C61H62N14O18S5. The molecular weight excluding hydrogens is 1380 g/mol. The molecule has 12 rings (SSSR count). The number of amides is 6. The van der Waals surface area contributed by atoms with Crippen LogP contribution >= 0.6 is 56.7 Å². The van der Waals surface area contributed by atoms with Crippen LogP contribution < -0.4 is 32.3 Å². The van der Waals surface area contributed by atoms with E-state index in [-0.39, 0.29) is 106 Å². The molecule has 11 N–H and O–H groups in total. The van der Waals surface area contributed by atoms with E-state index in [1.807, 2.05) is 0 Å². The molecule has 12 atom stereocenters. The highest BCUT2D eigenvalue weighted by Gasteiger charge is 2.52. The van der Waals surface area contributed by atoms with Crippen molar-refractivity contribution in [2.75, 3.05) is 41.0 Å². The quantitative estimate of drug-likeness (QED) is 0.0565. The number of cyclic esters (lactones) is 2. The number of fused-ring (bicyclic) bond motifs is 15. The minimum atomic E-state index is -1.90. The van der Waals surface area contributed by atoms with Crippen LogP contribution in [0.1, 0.15) is 103 Å². The van der Waals surface area contributed by atoms with Gasteiger partial charge in [-0.05, 0) is 59.5 Å². The van der Waals surface area contributed by atoms with Crippen molar-refractivity contribution in [2.45, 2.75) is 94.6 Å². The van der Waals surface area contributed by atoms with E-state index in [2.05, 4.69) is 48.1 Å². The highest BCUT2D eigenvalue weighted by Crippen LogP contribution is 2.47. The minimum Gasteiger partial charge on any atom is -0.506 e.